The molecule has 3 atom stereocenters. The van der Waals surface area contributed by atoms with Crippen LogP contribution < -0.4 is 10.6 Å². The molecule has 0 bridgehead atoms. The van der Waals surface area contributed by atoms with Gasteiger partial charge in [0.1, 0.15) is 23.4 Å². The second-order valence-corrected chi connectivity index (χ2v) is 11.5. The number of nitrogens with zero attached hydrogens (tertiary/aromatic N) is 1. The first-order chi connectivity index (χ1) is 17.4. The van der Waals surface area contributed by atoms with Gasteiger partial charge in [0.25, 0.3) is 0 Å². The highest BCUT2D eigenvalue weighted by Crippen LogP contribution is 2.33. The highest BCUT2D eigenvalue weighted by Gasteiger charge is 2.37. The van der Waals surface area contributed by atoms with Crippen LogP contribution >= 0.6 is 11.8 Å². The molecule has 0 aliphatic rings. The highest BCUT2D eigenvalue weighted by atomic mass is 32.2. The Morgan fingerprint density at radius 1 is 1.11 bits per heavy atom. The zero-order valence-electron chi connectivity index (χ0n) is 23.8. The van der Waals surface area contributed by atoms with Crippen LogP contribution in [-0.2, 0) is 14.3 Å². The number of alkyl carbamates (subject to hydrolysis) is 1. The minimum absolute atomic E-state index is 0.0131. The second kappa shape index (κ2) is 15.7. The predicted octanol–water partition coefficient (Wildman–Crippen LogP) is 5.32. The fraction of sp³-hybridized carbons (Fsp3) is 0.679. The maximum absolute atomic E-state index is 14.1. The number of unbranched alkanes of at least 4 members (excludes halogenated alkanes) is 1. The summed E-state index contributed by atoms with van der Waals surface area (Å²) in [4.78, 5) is 41.9. The summed E-state index contributed by atoms with van der Waals surface area (Å²) in [6.07, 6.45) is 4.78. The van der Waals surface area contributed by atoms with Crippen LogP contribution in [0.3, 0.4) is 0 Å². The van der Waals surface area contributed by atoms with Crippen LogP contribution in [0.25, 0.3) is 0 Å². The predicted molar refractivity (Wildman–Crippen MR) is 151 cm³/mol. The molecule has 8 nitrogen and oxygen atoms in total. The molecule has 0 heterocycles. The highest BCUT2D eigenvalue weighted by molar-refractivity contribution is 7.98. The molecule has 0 spiro atoms. The first kappa shape index (κ1) is 32.6. The Morgan fingerprint density at radius 2 is 1.78 bits per heavy atom. The molecule has 210 valence electrons. The van der Waals surface area contributed by atoms with Crippen molar-refractivity contribution in [1.82, 2.24) is 15.5 Å². The minimum Gasteiger partial charge on any atom is -0.507 e. The number of aromatic hydroxyl groups is 1. The zero-order valence-corrected chi connectivity index (χ0v) is 24.7. The van der Waals surface area contributed by atoms with E-state index in [2.05, 4.69) is 10.6 Å². The number of amides is 3. The maximum atomic E-state index is 14.1. The van der Waals surface area contributed by atoms with Crippen molar-refractivity contribution in [1.29, 1.82) is 0 Å². The third-order valence-corrected chi connectivity index (χ3v) is 6.51. The quantitative estimate of drug-likeness (QED) is 0.296. The molecule has 0 saturated heterocycles. The summed E-state index contributed by atoms with van der Waals surface area (Å²) in [5, 5.41) is 16.7. The smallest absolute Gasteiger partial charge is 0.408 e. The lowest BCUT2D eigenvalue weighted by molar-refractivity contribution is -0.143. The largest absolute Gasteiger partial charge is 0.507 e. The summed E-state index contributed by atoms with van der Waals surface area (Å²) in [7, 11) is 0. The summed E-state index contributed by atoms with van der Waals surface area (Å²) in [6, 6.07) is 3.19. The Labute approximate surface area is 227 Å². The number of carbonyl (C=O) groups excluding carboxylic acids is 3. The van der Waals surface area contributed by atoms with Gasteiger partial charge in [0.15, 0.2) is 0 Å². The van der Waals surface area contributed by atoms with Crippen molar-refractivity contribution in [3.05, 3.63) is 29.3 Å². The fourth-order valence-electron chi connectivity index (χ4n) is 4.02. The zero-order chi connectivity index (χ0) is 28.2. The van der Waals surface area contributed by atoms with E-state index in [9.17, 15) is 19.5 Å². The summed E-state index contributed by atoms with van der Waals surface area (Å²) in [6.45, 7) is 13.3. The van der Waals surface area contributed by atoms with E-state index in [-0.39, 0.29) is 23.6 Å². The van der Waals surface area contributed by atoms with Gasteiger partial charge < -0.3 is 25.4 Å². The Hall–Kier alpha value is -2.42. The van der Waals surface area contributed by atoms with Gasteiger partial charge in [0, 0.05) is 18.2 Å². The number of rotatable bonds is 14. The van der Waals surface area contributed by atoms with E-state index in [1.54, 1.807) is 57.7 Å². The van der Waals surface area contributed by atoms with E-state index >= 15 is 0 Å². The fourth-order valence-corrected chi connectivity index (χ4v) is 4.49. The van der Waals surface area contributed by atoms with Crippen molar-refractivity contribution in [3.8, 4) is 5.75 Å². The summed E-state index contributed by atoms with van der Waals surface area (Å²) in [5.41, 5.74) is 0.265. The van der Waals surface area contributed by atoms with E-state index in [1.807, 2.05) is 27.0 Å². The van der Waals surface area contributed by atoms with Gasteiger partial charge in [0.2, 0.25) is 11.8 Å². The number of nitrogens with one attached hydrogen (secondary N) is 2. The van der Waals surface area contributed by atoms with Gasteiger partial charge >= 0.3 is 6.09 Å². The van der Waals surface area contributed by atoms with Crippen molar-refractivity contribution in [2.24, 2.45) is 0 Å². The number of hydrogen-bond donors (Lipinski definition) is 3. The molecule has 0 aliphatic heterocycles. The molecule has 0 aromatic heterocycles. The molecule has 0 aliphatic carbocycles. The van der Waals surface area contributed by atoms with E-state index < -0.39 is 23.8 Å². The number of phenols is 1. The van der Waals surface area contributed by atoms with Crippen molar-refractivity contribution < 1.29 is 24.2 Å². The van der Waals surface area contributed by atoms with Crippen molar-refractivity contribution in [2.45, 2.75) is 104 Å². The lowest BCUT2D eigenvalue weighted by Crippen LogP contribution is -2.54. The molecule has 3 amide bonds. The minimum atomic E-state index is -1.05. The van der Waals surface area contributed by atoms with E-state index in [0.717, 1.165) is 19.3 Å². The Morgan fingerprint density at radius 3 is 2.35 bits per heavy atom. The molecular weight excluding hydrogens is 490 g/mol. The first-order valence-corrected chi connectivity index (χ1v) is 14.6. The van der Waals surface area contributed by atoms with E-state index in [1.165, 1.54) is 4.90 Å². The van der Waals surface area contributed by atoms with E-state index in [4.69, 9.17) is 4.74 Å². The molecule has 3 unspecified atom stereocenters. The SMILES string of the molecule is CCCCN(C(=O)C(CCSC)NC(=O)OC(C)(C)C)C(C(=O)NC(C)CCC)c1cccc(C)c1O. The van der Waals surface area contributed by atoms with Gasteiger partial charge in [0.05, 0.1) is 0 Å². The lowest BCUT2D eigenvalue weighted by atomic mass is 9.98. The number of ether oxygens (including phenoxy) is 1. The molecule has 1 aromatic rings. The molecular formula is C28H47N3O5S. The Bertz CT molecular complexity index is 887. The summed E-state index contributed by atoms with van der Waals surface area (Å²) in [5.74, 6) is -0.112. The normalized spacial score (nSPS) is 13.8. The van der Waals surface area contributed by atoms with E-state index in [0.29, 0.717) is 36.3 Å². The average molecular weight is 538 g/mol. The van der Waals surface area contributed by atoms with Gasteiger partial charge in [-0.1, -0.05) is 44.9 Å². The number of para-hydroxylation sites is 1. The van der Waals surface area contributed by atoms with Gasteiger partial charge in [-0.2, -0.15) is 11.8 Å². The van der Waals surface area contributed by atoms with Gasteiger partial charge in [-0.05, 0) is 71.5 Å². The van der Waals surface area contributed by atoms with Crippen molar-refractivity contribution in [2.75, 3.05) is 18.6 Å². The third kappa shape index (κ3) is 10.8. The summed E-state index contributed by atoms with van der Waals surface area (Å²) >= 11 is 1.56. The number of benzene rings is 1. The van der Waals surface area contributed by atoms with Crippen LogP contribution in [0.15, 0.2) is 18.2 Å². The van der Waals surface area contributed by atoms with Crippen LogP contribution in [0.4, 0.5) is 4.79 Å². The van der Waals surface area contributed by atoms with Crippen molar-refractivity contribution >= 4 is 29.7 Å². The Balaban J connectivity index is 3.53. The molecule has 3 N–H and O–H groups in total. The number of hydrogen-bond acceptors (Lipinski definition) is 6. The second-order valence-electron chi connectivity index (χ2n) is 10.5. The average Bonchev–Trinajstić information content (AvgIpc) is 2.80. The van der Waals surface area contributed by atoms with Crippen LogP contribution in [0.5, 0.6) is 5.75 Å². The first-order valence-electron chi connectivity index (χ1n) is 13.2. The molecule has 1 rings (SSSR count). The molecule has 0 radical (unpaired) electrons. The van der Waals surface area contributed by atoms with Crippen LogP contribution in [0.1, 0.15) is 90.8 Å². The van der Waals surface area contributed by atoms with Crippen LogP contribution in [-0.4, -0.2) is 64.2 Å². The topological polar surface area (TPSA) is 108 Å². The molecule has 37 heavy (non-hydrogen) atoms. The molecule has 0 fully saturated rings. The molecule has 0 saturated carbocycles. The Kier molecular flexibility index (Phi) is 13.9. The maximum Gasteiger partial charge on any atom is 0.408 e. The number of carbonyl (C=O) groups is 3. The van der Waals surface area contributed by atoms with Crippen molar-refractivity contribution in [3.63, 3.8) is 0 Å². The number of thioether (sulfide) groups is 1. The van der Waals surface area contributed by atoms with Gasteiger partial charge in [-0.3, -0.25) is 9.59 Å². The number of phenolic OH excluding ortho intramolecular Hbond substituents is 1. The van der Waals surface area contributed by atoms with Crippen LogP contribution in [0.2, 0.25) is 0 Å². The lowest BCUT2D eigenvalue weighted by Gasteiger charge is -2.35. The summed E-state index contributed by atoms with van der Waals surface area (Å²) < 4.78 is 5.42. The van der Waals surface area contributed by atoms with Gasteiger partial charge in [-0.25, -0.2) is 4.79 Å². The standard InChI is InChI=1S/C28H47N3O5S/c1-9-11-17-31(26(34)22(16-18-37-8)30-27(35)36-28(5,6)7)23(25(33)29-20(4)13-10-2)21-15-12-14-19(3)24(21)32/h12,14-15,20,22-23,32H,9-11,13,16-18H2,1-8H3,(H,29,33)(H,30,35). The molecule has 9 heteroatoms. The van der Waals surface area contributed by atoms with Gasteiger partial charge in [-0.15, -0.1) is 0 Å². The van der Waals surface area contributed by atoms with Crippen LogP contribution in [0, 0.1) is 6.92 Å². The monoisotopic (exact) mass is 537 g/mol. The molecule has 1 aromatic carbocycles. The third-order valence-electron chi connectivity index (χ3n) is 5.87. The number of aryl methyl sites for hydroxylation is 1.